The second kappa shape index (κ2) is 5.12. The van der Waals surface area contributed by atoms with Gasteiger partial charge in [0.2, 0.25) is 11.8 Å². The van der Waals surface area contributed by atoms with Crippen LogP contribution in [0.3, 0.4) is 0 Å². The topological polar surface area (TPSA) is 56.6 Å². The highest BCUT2D eigenvalue weighted by Crippen LogP contribution is 2.36. The second-order valence-corrected chi connectivity index (χ2v) is 5.17. The molecule has 6 heteroatoms. The quantitative estimate of drug-likeness (QED) is 0.849. The van der Waals surface area contributed by atoms with Crippen molar-refractivity contribution in [2.75, 3.05) is 18.6 Å². The van der Waals surface area contributed by atoms with Crippen LogP contribution in [0.4, 0.5) is 5.69 Å². The van der Waals surface area contributed by atoms with Gasteiger partial charge < -0.3 is 14.4 Å². The van der Waals surface area contributed by atoms with Gasteiger partial charge in [0.15, 0.2) is 0 Å². The predicted octanol–water partition coefficient (Wildman–Crippen LogP) is 2.20. The number of carbonyl (C=O) groups is 1. The number of carbonyl (C=O) groups excluding carboxylic acids is 1. The van der Waals surface area contributed by atoms with Gasteiger partial charge in [-0.1, -0.05) is 6.92 Å². The average molecular weight is 287 g/mol. The third-order valence-electron chi connectivity index (χ3n) is 3.44. The Labute approximate surface area is 122 Å². The van der Waals surface area contributed by atoms with Crippen LogP contribution in [0.1, 0.15) is 6.92 Å². The van der Waals surface area contributed by atoms with Gasteiger partial charge in [-0.2, -0.15) is 0 Å². The van der Waals surface area contributed by atoms with Crippen molar-refractivity contribution in [3.63, 3.8) is 0 Å². The predicted molar refractivity (Wildman–Crippen MR) is 77.8 cm³/mol. The molecule has 0 radical (unpaired) electrons. The normalized spacial score (nSPS) is 18.0. The molecular weight excluding hydrogens is 270 g/mol. The Morgan fingerprint density at radius 2 is 2.14 bits per heavy atom. The standard InChI is InChI=1S/C15H17N3O3/c1-10-9-20-13-5-4-11(8-12(13)18(3)15(10)19)21-14-6-7-17(2)16-14/h4-8,10H,9H2,1-3H3/t10-/m0/s1. The van der Waals surface area contributed by atoms with Crippen molar-refractivity contribution in [1.82, 2.24) is 9.78 Å². The minimum absolute atomic E-state index is 0.0312. The van der Waals surface area contributed by atoms with Gasteiger partial charge in [0.1, 0.15) is 11.5 Å². The molecule has 0 spiro atoms. The molecule has 0 aliphatic carbocycles. The Kier molecular flexibility index (Phi) is 3.29. The van der Waals surface area contributed by atoms with Crippen molar-refractivity contribution in [3.05, 3.63) is 30.5 Å². The van der Waals surface area contributed by atoms with E-state index in [1.807, 2.05) is 26.1 Å². The summed E-state index contributed by atoms with van der Waals surface area (Å²) < 4.78 is 13.0. The number of ether oxygens (including phenoxy) is 2. The maximum absolute atomic E-state index is 12.2. The van der Waals surface area contributed by atoms with Gasteiger partial charge in [0, 0.05) is 32.4 Å². The lowest BCUT2D eigenvalue weighted by atomic mass is 10.1. The van der Waals surface area contributed by atoms with E-state index in [0.29, 0.717) is 29.7 Å². The molecule has 1 amide bonds. The molecule has 2 aromatic rings. The number of anilines is 1. The van der Waals surface area contributed by atoms with Gasteiger partial charge in [0.25, 0.3) is 0 Å². The molecule has 1 aromatic carbocycles. The fourth-order valence-electron chi connectivity index (χ4n) is 2.25. The molecule has 0 saturated heterocycles. The fraction of sp³-hybridized carbons (Fsp3) is 0.333. The third kappa shape index (κ3) is 2.56. The minimum atomic E-state index is -0.164. The van der Waals surface area contributed by atoms with Gasteiger partial charge >= 0.3 is 0 Å². The summed E-state index contributed by atoms with van der Waals surface area (Å²) in [4.78, 5) is 13.8. The van der Waals surface area contributed by atoms with Crippen LogP contribution in [0.15, 0.2) is 30.5 Å². The second-order valence-electron chi connectivity index (χ2n) is 5.17. The molecule has 6 nitrogen and oxygen atoms in total. The molecule has 2 heterocycles. The molecule has 1 aromatic heterocycles. The zero-order valence-corrected chi connectivity index (χ0v) is 12.2. The molecule has 1 atom stereocenters. The first-order chi connectivity index (χ1) is 10.0. The van der Waals surface area contributed by atoms with Crippen molar-refractivity contribution in [2.45, 2.75) is 6.92 Å². The minimum Gasteiger partial charge on any atom is -0.491 e. The summed E-state index contributed by atoms with van der Waals surface area (Å²) in [5.41, 5.74) is 0.706. The van der Waals surface area contributed by atoms with E-state index in [4.69, 9.17) is 9.47 Å². The highest BCUT2D eigenvalue weighted by molar-refractivity contribution is 5.96. The molecule has 0 saturated carbocycles. The molecule has 0 bridgehead atoms. The van der Waals surface area contributed by atoms with Gasteiger partial charge in [-0.15, -0.1) is 5.10 Å². The summed E-state index contributed by atoms with van der Waals surface area (Å²) in [6.45, 7) is 2.24. The number of aromatic nitrogens is 2. The summed E-state index contributed by atoms with van der Waals surface area (Å²) in [6, 6.07) is 7.19. The van der Waals surface area contributed by atoms with Gasteiger partial charge in [-0.25, -0.2) is 0 Å². The van der Waals surface area contributed by atoms with Crippen molar-refractivity contribution in [1.29, 1.82) is 0 Å². The number of nitrogens with zero attached hydrogens (tertiary/aromatic N) is 3. The van der Waals surface area contributed by atoms with Gasteiger partial charge in [-0.3, -0.25) is 9.48 Å². The maximum atomic E-state index is 12.2. The Balaban J connectivity index is 1.91. The Bertz CT molecular complexity index is 681. The maximum Gasteiger partial charge on any atom is 0.238 e. The molecule has 1 aliphatic heterocycles. The summed E-state index contributed by atoms with van der Waals surface area (Å²) >= 11 is 0. The molecule has 0 N–H and O–H groups in total. The number of aryl methyl sites for hydroxylation is 1. The Morgan fingerprint density at radius 3 is 2.86 bits per heavy atom. The zero-order chi connectivity index (χ0) is 15.0. The monoisotopic (exact) mass is 287 g/mol. The number of hydrogen-bond acceptors (Lipinski definition) is 4. The lowest BCUT2D eigenvalue weighted by Crippen LogP contribution is -2.31. The fourth-order valence-corrected chi connectivity index (χ4v) is 2.25. The van der Waals surface area contributed by atoms with E-state index in [-0.39, 0.29) is 11.8 Å². The van der Waals surface area contributed by atoms with Crippen molar-refractivity contribution in [2.24, 2.45) is 13.0 Å². The Hall–Kier alpha value is -2.50. The van der Waals surface area contributed by atoms with E-state index in [9.17, 15) is 4.79 Å². The van der Waals surface area contributed by atoms with Gasteiger partial charge in [0.05, 0.1) is 18.2 Å². The van der Waals surface area contributed by atoms with E-state index >= 15 is 0 Å². The zero-order valence-electron chi connectivity index (χ0n) is 12.2. The van der Waals surface area contributed by atoms with E-state index in [2.05, 4.69) is 5.10 Å². The van der Waals surface area contributed by atoms with Crippen molar-refractivity contribution >= 4 is 11.6 Å². The Morgan fingerprint density at radius 1 is 1.33 bits per heavy atom. The molecule has 3 rings (SSSR count). The third-order valence-corrected chi connectivity index (χ3v) is 3.44. The van der Waals surface area contributed by atoms with Crippen LogP contribution in [0.25, 0.3) is 0 Å². The average Bonchev–Trinajstić information content (AvgIpc) is 2.84. The van der Waals surface area contributed by atoms with Crippen LogP contribution in [0.5, 0.6) is 17.4 Å². The molecule has 0 fully saturated rings. The van der Waals surface area contributed by atoms with Crippen LogP contribution in [0, 0.1) is 5.92 Å². The first kappa shape index (κ1) is 13.5. The van der Waals surface area contributed by atoms with Crippen molar-refractivity contribution < 1.29 is 14.3 Å². The molecule has 1 aliphatic rings. The number of fused-ring (bicyclic) bond motifs is 1. The van der Waals surface area contributed by atoms with Crippen LogP contribution in [-0.4, -0.2) is 29.3 Å². The summed E-state index contributed by atoms with van der Waals surface area (Å²) in [5.74, 6) is 1.68. The first-order valence-electron chi connectivity index (χ1n) is 6.76. The van der Waals surface area contributed by atoms with E-state index < -0.39 is 0 Å². The number of benzene rings is 1. The van der Waals surface area contributed by atoms with Crippen LogP contribution >= 0.6 is 0 Å². The van der Waals surface area contributed by atoms with Crippen LogP contribution in [0.2, 0.25) is 0 Å². The van der Waals surface area contributed by atoms with Crippen molar-refractivity contribution in [3.8, 4) is 17.4 Å². The summed E-state index contributed by atoms with van der Waals surface area (Å²) in [7, 11) is 3.57. The van der Waals surface area contributed by atoms with Crippen LogP contribution < -0.4 is 14.4 Å². The van der Waals surface area contributed by atoms with E-state index in [1.54, 1.807) is 35.0 Å². The molecule has 0 unspecified atom stereocenters. The van der Waals surface area contributed by atoms with Gasteiger partial charge in [-0.05, 0) is 12.1 Å². The molecular formula is C15H17N3O3. The summed E-state index contributed by atoms with van der Waals surface area (Å²) in [6.07, 6.45) is 1.80. The SMILES string of the molecule is C[C@H]1COc2ccc(Oc3ccn(C)n3)cc2N(C)C1=O. The molecule has 110 valence electrons. The largest absolute Gasteiger partial charge is 0.491 e. The van der Waals surface area contributed by atoms with Crippen LogP contribution in [-0.2, 0) is 11.8 Å². The number of amides is 1. The molecule has 21 heavy (non-hydrogen) atoms. The summed E-state index contributed by atoms with van der Waals surface area (Å²) in [5, 5.41) is 4.17. The lowest BCUT2D eigenvalue weighted by molar-refractivity contribution is -0.122. The smallest absolute Gasteiger partial charge is 0.238 e. The first-order valence-corrected chi connectivity index (χ1v) is 6.76. The number of rotatable bonds is 2. The lowest BCUT2D eigenvalue weighted by Gasteiger charge is -2.18. The van der Waals surface area contributed by atoms with E-state index in [1.165, 1.54) is 0 Å². The van der Waals surface area contributed by atoms with E-state index in [0.717, 1.165) is 0 Å². The highest BCUT2D eigenvalue weighted by Gasteiger charge is 2.26. The highest BCUT2D eigenvalue weighted by atomic mass is 16.5. The number of hydrogen-bond donors (Lipinski definition) is 0.